The first kappa shape index (κ1) is 13.8. The summed E-state index contributed by atoms with van der Waals surface area (Å²) in [6, 6.07) is 11.0. The minimum atomic E-state index is -0.614. The second-order valence-electron chi connectivity index (χ2n) is 4.71. The van der Waals surface area contributed by atoms with E-state index in [1.165, 1.54) is 0 Å². The number of aliphatic hydroxyl groups is 1. The van der Waals surface area contributed by atoms with Gasteiger partial charge in [0, 0.05) is 35.4 Å². The summed E-state index contributed by atoms with van der Waals surface area (Å²) >= 11 is 5.86. The Morgan fingerprint density at radius 2 is 1.76 bits per heavy atom. The molecule has 2 aromatic heterocycles. The lowest BCUT2D eigenvalue weighted by atomic mass is 10.1. The molecular weight excluding hydrogens is 286 g/mol. The van der Waals surface area contributed by atoms with Crippen molar-refractivity contribution in [3.8, 4) is 11.4 Å². The molecule has 1 N–H and O–H groups in total. The van der Waals surface area contributed by atoms with E-state index in [-0.39, 0.29) is 0 Å². The fourth-order valence-corrected chi connectivity index (χ4v) is 2.32. The molecule has 0 spiro atoms. The van der Waals surface area contributed by atoms with Crippen LogP contribution in [-0.4, -0.2) is 19.6 Å². The van der Waals surface area contributed by atoms with Crippen molar-refractivity contribution in [2.75, 3.05) is 0 Å². The van der Waals surface area contributed by atoms with Crippen LogP contribution in [0.5, 0.6) is 0 Å². The first-order chi connectivity index (χ1) is 10.2. The van der Waals surface area contributed by atoms with Gasteiger partial charge in [0.15, 0.2) is 0 Å². The monoisotopic (exact) mass is 299 g/mol. The Kier molecular flexibility index (Phi) is 3.99. The van der Waals surface area contributed by atoms with E-state index in [1.54, 1.807) is 30.7 Å². The van der Waals surface area contributed by atoms with E-state index in [9.17, 15) is 5.11 Å². The molecule has 4 nitrogen and oxygen atoms in total. The standard InChI is InChI=1S/C16H14ClN3O/c17-14-3-1-12(2-4-14)15(21)11-20-10-9-19-16(20)13-5-7-18-8-6-13/h1-10,15,21H,11H2. The van der Waals surface area contributed by atoms with E-state index in [4.69, 9.17) is 11.6 Å². The summed E-state index contributed by atoms with van der Waals surface area (Å²) in [7, 11) is 0. The maximum absolute atomic E-state index is 10.4. The molecule has 2 heterocycles. The summed E-state index contributed by atoms with van der Waals surface area (Å²) in [5, 5.41) is 11.0. The summed E-state index contributed by atoms with van der Waals surface area (Å²) in [4.78, 5) is 8.35. The lowest BCUT2D eigenvalue weighted by Crippen LogP contribution is -2.09. The van der Waals surface area contributed by atoms with Gasteiger partial charge in [-0.05, 0) is 29.8 Å². The van der Waals surface area contributed by atoms with E-state index in [0.29, 0.717) is 11.6 Å². The lowest BCUT2D eigenvalue weighted by molar-refractivity contribution is 0.157. The summed E-state index contributed by atoms with van der Waals surface area (Å²) in [5.41, 5.74) is 1.80. The summed E-state index contributed by atoms with van der Waals surface area (Å²) in [5.74, 6) is 0.811. The number of halogens is 1. The summed E-state index contributed by atoms with van der Waals surface area (Å²) in [6.45, 7) is 0.430. The third-order valence-corrected chi connectivity index (χ3v) is 3.53. The van der Waals surface area contributed by atoms with Gasteiger partial charge >= 0.3 is 0 Å². The van der Waals surface area contributed by atoms with Crippen LogP contribution in [0.4, 0.5) is 0 Å². The zero-order valence-electron chi connectivity index (χ0n) is 11.2. The highest BCUT2D eigenvalue weighted by Crippen LogP contribution is 2.22. The van der Waals surface area contributed by atoms with Crippen molar-refractivity contribution in [3.05, 3.63) is 71.8 Å². The van der Waals surface area contributed by atoms with E-state index >= 15 is 0 Å². The first-order valence-electron chi connectivity index (χ1n) is 6.59. The minimum Gasteiger partial charge on any atom is -0.387 e. The van der Waals surface area contributed by atoms with Crippen molar-refractivity contribution < 1.29 is 5.11 Å². The van der Waals surface area contributed by atoms with E-state index in [1.807, 2.05) is 35.0 Å². The smallest absolute Gasteiger partial charge is 0.140 e. The Morgan fingerprint density at radius 3 is 2.48 bits per heavy atom. The number of rotatable bonds is 4. The van der Waals surface area contributed by atoms with E-state index in [2.05, 4.69) is 9.97 Å². The van der Waals surface area contributed by atoms with Crippen LogP contribution < -0.4 is 0 Å². The van der Waals surface area contributed by atoms with Gasteiger partial charge in [-0.3, -0.25) is 4.98 Å². The Morgan fingerprint density at radius 1 is 1.05 bits per heavy atom. The molecule has 3 aromatic rings. The van der Waals surface area contributed by atoms with Crippen molar-refractivity contribution in [2.45, 2.75) is 12.6 Å². The van der Waals surface area contributed by atoms with Crippen LogP contribution in [0.1, 0.15) is 11.7 Å². The summed E-state index contributed by atoms with van der Waals surface area (Å²) in [6.07, 6.45) is 6.42. The van der Waals surface area contributed by atoms with Gasteiger partial charge < -0.3 is 9.67 Å². The van der Waals surface area contributed by atoms with Gasteiger partial charge in [-0.2, -0.15) is 0 Å². The van der Waals surface area contributed by atoms with Crippen LogP contribution >= 0.6 is 11.6 Å². The molecule has 0 saturated heterocycles. The summed E-state index contributed by atoms with van der Waals surface area (Å²) < 4.78 is 1.93. The molecule has 0 aliphatic heterocycles. The molecule has 1 aromatic carbocycles. The quantitative estimate of drug-likeness (QED) is 0.804. The molecule has 5 heteroatoms. The molecule has 0 fully saturated rings. The van der Waals surface area contributed by atoms with Gasteiger partial charge in [0.2, 0.25) is 0 Å². The number of benzene rings is 1. The fraction of sp³-hybridized carbons (Fsp3) is 0.125. The number of hydrogen-bond acceptors (Lipinski definition) is 3. The highest BCUT2D eigenvalue weighted by atomic mass is 35.5. The molecule has 0 aliphatic rings. The number of aliphatic hydroxyl groups excluding tert-OH is 1. The average molecular weight is 300 g/mol. The second kappa shape index (κ2) is 6.08. The predicted molar refractivity (Wildman–Crippen MR) is 81.9 cm³/mol. The molecule has 1 unspecified atom stereocenters. The molecule has 1 atom stereocenters. The first-order valence-corrected chi connectivity index (χ1v) is 6.97. The third-order valence-electron chi connectivity index (χ3n) is 3.28. The molecule has 3 rings (SSSR count). The van der Waals surface area contributed by atoms with Crippen LogP contribution in [0.3, 0.4) is 0 Å². The number of imidazole rings is 1. The maximum atomic E-state index is 10.4. The van der Waals surface area contributed by atoms with E-state index < -0.39 is 6.10 Å². The number of aromatic nitrogens is 3. The van der Waals surface area contributed by atoms with Gasteiger partial charge in [-0.15, -0.1) is 0 Å². The predicted octanol–water partition coefficient (Wildman–Crippen LogP) is 3.33. The number of hydrogen-bond donors (Lipinski definition) is 1. The molecule has 0 amide bonds. The Balaban J connectivity index is 1.83. The molecule has 0 saturated carbocycles. The molecule has 106 valence electrons. The molecule has 0 aliphatic carbocycles. The van der Waals surface area contributed by atoms with Crippen LogP contribution in [0.15, 0.2) is 61.2 Å². The van der Waals surface area contributed by atoms with Gasteiger partial charge in [0.05, 0.1) is 12.6 Å². The molecule has 21 heavy (non-hydrogen) atoms. The van der Waals surface area contributed by atoms with Crippen molar-refractivity contribution in [2.24, 2.45) is 0 Å². The Labute approximate surface area is 127 Å². The lowest BCUT2D eigenvalue weighted by Gasteiger charge is -2.14. The van der Waals surface area contributed by atoms with Crippen molar-refractivity contribution >= 4 is 11.6 Å². The minimum absolute atomic E-state index is 0.430. The van der Waals surface area contributed by atoms with Gasteiger partial charge in [0.1, 0.15) is 5.82 Å². The molecule has 0 bridgehead atoms. The average Bonchev–Trinajstić information content (AvgIpc) is 2.97. The van der Waals surface area contributed by atoms with Crippen molar-refractivity contribution in [3.63, 3.8) is 0 Å². The van der Waals surface area contributed by atoms with Crippen LogP contribution in [0.2, 0.25) is 5.02 Å². The van der Waals surface area contributed by atoms with Crippen molar-refractivity contribution in [1.82, 2.24) is 14.5 Å². The highest BCUT2D eigenvalue weighted by Gasteiger charge is 2.12. The number of pyridine rings is 1. The molecular formula is C16H14ClN3O. The van der Waals surface area contributed by atoms with Crippen LogP contribution in [0, 0.1) is 0 Å². The zero-order valence-corrected chi connectivity index (χ0v) is 12.0. The van der Waals surface area contributed by atoms with Gasteiger partial charge in [-0.1, -0.05) is 23.7 Å². The zero-order chi connectivity index (χ0) is 14.7. The topological polar surface area (TPSA) is 50.9 Å². The largest absolute Gasteiger partial charge is 0.387 e. The fourth-order valence-electron chi connectivity index (χ4n) is 2.19. The van der Waals surface area contributed by atoms with Crippen LogP contribution in [-0.2, 0) is 6.54 Å². The highest BCUT2D eigenvalue weighted by molar-refractivity contribution is 6.30. The van der Waals surface area contributed by atoms with Crippen molar-refractivity contribution in [1.29, 1.82) is 0 Å². The normalized spacial score (nSPS) is 12.3. The number of nitrogens with zero attached hydrogens (tertiary/aromatic N) is 3. The Hall–Kier alpha value is -2.17. The Bertz CT molecular complexity index is 710. The third kappa shape index (κ3) is 3.12. The molecule has 0 radical (unpaired) electrons. The maximum Gasteiger partial charge on any atom is 0.140 e. The SMILES string of the molecule is OC(Cn1ccnc1-c1ccncc1)c1ccc(Cl)cc1. The van der Waals surface area contributed by atoms with Crippen LogP contribution in [0.25, 0.3) is 11.4 Å². The van der Waals surface area contributed by atoms with E-state index in [0.717, 1.165) is 17.0 Å². The second-order valence-corrected chi connectivity index (χ2v) is 5.14. The van der Waals surface area contributed by atoms with Gasteiger partial charge in [-0.25, -0.2) is 4.98 Å². The van der Waals surface area contributed by atoms with Gasteiger partial charge in [0.25, 0.3) is 0 Å².